The summed E-state index contributed by atoms with van der Waals surface area (Å²) in [6, 6.07) is 6.00. The molecule has 1 atom stereocenters. The first-order chi connectivity index (χ1) is 11.5. The van der Waals surface area contributed by atoms with Gasteiger partial charge >= 0.3 is 12.0 Å². The zero-order valence-corrected chi connectivity index (χ0v) is 14.7. The molecular formula is C17H23N3O5. The molecule has 0 unspecified atom stereocenters. The number of benzene rings is 1. The Hall–Kier alpha value is -2.90. The molecule has 0 radical (unpaired) electrons. The van der Waals surface area contributed by atoms with Crippen LogP contribution in [0.15, 0.2) is 24.3 Å². The Morgan fingerprint density at radius 1 is 1.12 bits per heavy atom. The second kappa shape index (κ2) is 8.27. The summed E-state index contributed by atoms with van der Waals surface area (Å²) < 4.78 is 4.79. The normalized spacial score (nSPS) is 12.0. The number of amides is 4. The molecule has 1 rings (SSSR count). The third-order valence-corrected chi connectivity index (χ3v) is 3.33. The molecule has 0 saturated carbocycles. The van der Waals surface area contributed by atoms with Gasteiger partial charge in [0.15, 0.2) is 6.10 Å². The van der Waals surface area contributed by atoms with Crippen LogP contribution < -0.4 is 16.4 Å². The van der Waals surface area contributed by atoms with E-state index in [-0.39, 0.29) is 5.41 Å². The average molecular weight is 349 g/mol. The molecule has 0 saturated heterocycles. The minimum Gasteiger partial charge on any atom is -0.451 e. The summed E-state index contributed by atoms with van der Waals surface area (Å²) in [6.45, 7) is 7.06. The first-order valence-corrected chi connectivity index (χ1v) is 7.69. The van der Waals surface area contributed by atoms with Crippen LogP contribution in [0.3, 0.4) is 0 Å². The van der Waals surface area contributed by atoms with Crippen molar-refractivity contribution in [2.24, 2.45) is 5.73 Å². The first kappa shape index (κ1) is 20.1. The van der Waals surface area contributed by atoms with Gasteiger partial charge in [0.1, 0.15) is 6.54 Å². The summed E-state index contributed by atoms with van der Waals surface area (Å²) in [5, 5.41) is 4.20. The molecule has 0 heterocycles. The summed E-state index contributed by atoms with van der Waals surface area (Å²) in [4.78, 5) is 45.6. The second-order valence-electron chi connectivity index (χ2n) is 6.50. The van der Waals surface area contributed by atoms with Gasteiger partial charge in [0.05, 0.1) is 0 Å². The fourth-order valence-electron chi connectivity index (χ4n) is 1.89. The Bertz CT molecular complexity index is 662. The highest BCUT2D eigenvalue weighted by Gasteiger charge is 2.19. The maximum Gasteiger partial charge on any atom is 0.326 e. The number of imide groups is 1. The van der Waals surface area contributed by atoms with E-state index >= 15 is 0 Å². The van der Waals surface area contributed by atoms with Crippen molar-refractivity contribution in [2.45, 2.75) is 39.2 Å². The molecule has 8 nitrogen and oxygen atoms in total. The highest BCUT2D eigenvalue weighted by molar-refractivity contribution is 5.97. The molecule has 8 heteroatoms. The SMILES string of the molecule is C[C@@H](OC(=O)CNC(=O)c1ccc(C(C)(C)C)cc1)C(=O)NC(N)=O. The smallest absolute Gasteiger partial charge is 0.326 e. The molecule has 25 heavy (non-hydrogen) atoms. The third kappa shape index (κ3) is 6.62. The molecule has 0 aliphatic heterocycles. The van der Waals surface area contributed by atoms with Gasteiger partial charge in [-0.15, -0.1) is 0 Å². The quantitative estimate of drug-likeness (QED) is 0.679. The lowest BCUT2D eigenvalue weighted by Crippen LogP contribution is -2.43. The number of rotatable bonds is 5. The minimum atomic E-state index is -1.21. The molecule has 0 spiro atoms. The highest BCUT2D eigenvalue weighted by Crippen LogP contribution is 2.22. The van der Waals surface area contributed by atoms with Crippen molar-refractivity contribution in [3.8, 4) is 0 Å². The minimum absolute atomic E-state index is 0.0273. The number of hydrogen-bond acceptors (Lipinski definition) is 5. The van der Waals surface area contributed by atoms with Gasteiger partial charge in [-0.05, 0) is 30.0 Å². The molecule has 0 aliphatic carbocycles. The molecule has 4 amide bonds. The zero-order chi connectivity index (χ0) is 19.2. The van der Waals surface area contributed by atoms with Gasteiger partial charge in [0.2, 0.25) is 0 Å². The van der Waals surface area contributed by atoms with Crippen LogP contribution >= 0.6 is 0 Å². The predicted octanol–water partition coefficient (Wildman–Crippen LogP) is 0.841. The fourth-order valence-corrected chi connectivity index (χ4v) is 1.89. The van der Waals surface area contributed by atoms with Gasteiger partial charge in [0, 0.05) is 5.56 Å². The van der Waals surface area contributed by atoms with E-state index in [1.54, 1.807) is 17.4 Å². The van der Waals surface area contributed by atoms with Crippen molar-refractivity contribution in [1.29, 1.82) is 0 Å². The van der Waals surface area contributed by atoms with Crippen molar-refractivity contribution in [2.75, 3.05) is 6.54 Å². The Morgan fingerprint density at radius 2 is 1.68 bits per heavy atom. The topological polar surface area (TPSA) is 128 Å². The molecular weight excluding hydrogens is 326 g/mol. The van der Waals surface area contributed by atoms with Gasteiger partial charge in [0.25, 0.3) is 11.8 Å². The number of ether oxygens (including phenoxy) is 1. The van der Waals surface area contributed by atoms with E-state index in [0.29, 0.717) is 5.56 Å². The Kier molecular flexibility index (Phi) is 6.67. The molecule has 4 N–H and O–H groups in total. The zero-order valence-electron chi connectivity index (χ0n) is 14.7. The van der Waals surface area contributed by atoms with Gasteiger partial charge in [-0.3, -0.25) is 19.7 Å². The average Bonchev–Trinajstić information content (AvgIpc) is 2.51. The Morgan fingerprint density at radius 3 is 2.16 bits per heavy atom. The maximum absolute atomic E-state index is 12.0. The number of urea groups is 1. The monoisotopic (exact) mass is 349 g/mol. The standard InChI is InChI=1S/C17H23N3O5/c1-10(14(22)20-16(18)24)25-13(21)9-19-15(23)11-5-7-12(8-6-11)17(2,3)4/h5-8,10H,9H2,1-4H3,(H,19,23)(H3,18,20,22,24)/t10-/m1/s1. The Balaban J connectivity index is 2.52. The molecule has 0 aromatic heterocycles. The van der Waals surface area contributed by atoms with Crippen LogP contribution in [0.4, 0.5) is 4.79 Å². The van der Waals surface area contributed by atoms with Crippen molar-refractivity contribution in [3.63, 3.8) is 0 Å². The van der Waals surface area contributed by atoms with Gasteiger partial charge in [-0.2, -0.15) is 0 Å². The summed E-state index contributed by atoms with van der Waals surface area (Å²) in [6.07, 6.45) is -1.21. The number of hydrogen-bond donors (Lipinski definition) is 3. The Labute approximate surface area is 146 Å². The largest absolute Gasteiger partial charge is 0.451 e. The van der Waals surface area contributed by atoms with E-state index in [1.807, 2.05) is 12.1 Å². The number of carbonyl (C=O) groups is 4. The number of carbonyl (C=O) groups excluding carboxylic acids is 4. The van der Waals surface area contributed by atoms with Crippen molar-refractivity contribution in [3.05, 3.63) is 35.4 Å². The van der Waals surface area contributed by atoms with Crippen molar-refractivity contribution < 1.29 is 23.9 Å². The van der Waals surface area contributed by atoms with Crippen LogP contribution in [0.2, 0.25) is 0 Å². The lowest BCUT2D eigenvalue weighted by atomic mass is 9.87. The van der Waals surface area contributed by atoms with E-state index in [9.17, 15) is 19.2 Å². The van der Waals surface area contributed by atoms with Crippen LogP contribution in [0.1, 0.15) is 43.6 Å². The van der Waals surface area contributed by atoms with Crippen molar-refractivity contribution in [1.82, 2.24) is 10.6 Å². The number of primary amides is 1. The van der Waals surface area contributed by atoms with E-state index in [4.69, 9.17) is 10.5 Å². The number of esters is 1. The third-order valence-electron chi connectivity index (χ3n) is 3.33. The fraction of sp³-hybridized carbons (Fsp3) is 0.412. The number of nitrogens with one attached hydrogen (secondary N) is 2. The molecule has 1 aromatic carbocycles. The maximum atomic E-state index is 12.0. The van der Waals surface area contributed by atoms with E-state index in [0.717, 1.165) is 5.56 Å². The van der Waals surface area contributed by atoms with Gasteiger partial charge in [-0.1, -0.05) is 32.9 Å². The molecule has 0 bridgehead atoms. The van der Waals surface area contributed by atoms with Crippen LogP contribution in [-0.2, 0) is 19.7 Å². The van der Waals surface area contributed by atoms with E-state index in [1.165, 1.54) is 6.92 Å². The van der Waals surface area contributed by atoms with Crippen LogP contribution in [0, 0.1) is 0 Å². The van der Waals surface area contributed by atoms with Crippen LogP contribution in [0.25, 0.3) is 0 Å². The second-order valence-corrected chi connectivity index (χ2v) is 6.50. The first-order valence-electron chi connectivity index (χ1n) is 7.69. The molecule has 1 aromatic rings. The van der Waals surface area contributed by atoms with Gasteiger partial charge < -0.3 is 15.8 Å². The summed E-state index contributed by atoms with van der Waals surface area (Å²) in [5.74, 6) is -2.09. The summed E-state index contributed by atoms with van der Waals surface area (Å²) in [7, 11) is 0. The van der Waals surface area contributed by atoms with E-state index < -0.39 is 36.5 Å². The molecule has 0 fully saturated rings. The van der Waals surface area contributed by atoms with Gasteiger partial charge in [-0.25, -0.2) is 4.79 Å². The lowest BCUT2D eigenvalue weighted by molar-refractivity contribution is -0.153. The summed E-state index contributed by atoms with van der Waals surface area (Å²) in [5.41, 5.74) is 6.25. The number of nitrogens with two attached hydrogens (primary N) is 1. The highest BCUT2D eigenvalue weighted by atomic mass is 16.5. The van der Waals surface area contributed by atoms with Crippen molar-refractivity contribution >= 4 is 23.8 Å². The lowest BCUT2D eigenvalue weighted by Gasteiger charge is -2.19. The van der Waals surface area contributed by atoms with E-state index in [2.05, 4.69) is 26.1 Å². The predicted molar refractivity (Wildman–Crippen MR) is 90.8 cm³/mol. The van der Waals surface area contributed by atoms with Crippen LogP contribution in [0.5, 0.6) is 0 Å². The molecule has 0 aliphatic rings. The molecule has 136 valence electrons. The summed E-state index contributed by atoms with van der Waals surface area (Å²) >= 11 is 0. The van der Waals surface area contributed by atoms with Crippen LogP contribution in [-0.4, -0.2) is 36.5 Å².